The van der Waals surface area contributed by atoms with Crippen molar-refractivity contribution in [2.75, 3.05) is 6.54 Å². The number of hydrogen-bond donors (Lipinski definition) is 2. The molecule has 78 valence electrons. The molecule has 0 fully saturated rings. The van der Waals surface area contributed by atoms with E-state index < -0.39 is 20.4 Å². The number of halogens is 1. The standard InChI is InChI=1S/C6H12ClNO4S/c1-4(3-8-6(9)10)5(2)13(7,11)12/h4-5,8H,3H2,1-2H3,(H,9,10)/t4-,5-/m0/s1. The molecule has 0 radical (unpaired) electrons. The van der Waals surface area contributed by atoms with Crippen LogP contribution in [0.15, 0.2) is 0 Å². The molecular formula is C6H12ClNO4S. The molecule has 0 spiro atoms. The van der Waals surface area contributed by atoms with Crippen LogP contribution >= 0.6 is 10.7 Å². The maximum absolute atomic E-state index is 10.8. The molecule has 0 saturated carbocycles. The van der Waals surface area contributed by atoms with Gasteiger partial charge in [-0.3, -0.25) is 0 Å². The van der Waals surface area contributed by atoms with Crippen LogP contribution in [0.25, 0.3) is 0 Å². The quantitative estimate of drug-likeness (QED) is 0.700. The first-order chi connectivity index (χ1) is 5.75. The van der Waals surface area contributed by atoms with E-state index in [1.54, 1.807) is 6.92 Å². The lowest BCUT2D eigenvalue weighted by Gasteiger charge is -2.16. The SMILES string of the molecule is C[C@@H](CNC(=O)O)[C@H](C)S(=O)(=O)Cl. The average Bonchev–Trinajstić information content (AvgIpc) is 1.96. The molecule has 0 bridgehead atoms. The lowest BCUT2D eigenvalue weighted by atomic mass is 10.1. The first kappa shape index (κ1) is 12.5. The molecule has 0 rings (SSSR count). The number of amides is 1. The van der Waals surface area contributed by atoms with Crippen LogP contribution in [-0.4, -0.2) is 31.4 Å². The van der Waals surface area contributed by atoms with Crippen molar-refractivity contribution in [2.24, 2.45) is 5.92 Å². The van der Waals surface area contributed by atoms with Gasteiger partial charge in [-0.15, -0.1) is 0 Å². The molecule has 0 aliphatic rings. The second-order valence-corrected chi connectivity index (χ2v) is 5.83. The summed E-state index contributed by atoms with van der Waals surface area (Å²) in [4.78, 5) is 10.1. The van der Waals surface area contributed by atoms with Gasteiger partial charge in [-0.2, -0.15) is 0 Å². The van der Waals surface area contributed by atoms with Gasteiger partial charge in [-0.25, -0.2) is 13.2 Å². The largest absolute Gasteiger partial charge is 0.465 e. The van der Waals surface area contributed by atoms with Gasteiger partial charge < -0.3 is 10.4 Å². The molecule has 0 aliphatic heterocycles. The predicted molar refractivity (Wildman–Crippen MR) is 49.4 cm³/mol. The number of rotatable bonds is 4. The normalized spacial score (nSPS) is 16.2. The van der Waals surface area contributed by atoms with Crippen LogP contribution in [0, 0.1) is 5.92 Å². The van der Waals surface area contributed by atoms with Crippen LogP contribution in [0.5, 0.6) is 0 Å². The zero-order chi connectivity index (χ0) is 10.6. The van der Waals surface area contributed by atoms with Gasteiger partial charge in [0.15, 0.2) is 0 Å². The van der Waals surface area contributed by atoms with E-state index >= 15 is 0 Å². The second kappa shape index (κ2) is 4.66. The second-order valence-electron chi connectivity index (χ2n) is 2.84. The fourth-order valence-electron chi connectivity index (χ4n) is 0.692. The molecule has 1 amide bonds. The van der Waals surface area contributed by atoms with Crippen LogP contribution in [0.3, 0.4) is 0 Å². The lowest BCUT2D eigenvalue weighted by Crippen LogP contribution is -2.33. The fourth-order valence-corrected chi connectivity index (χ4v) is 1.87. The highest BCUT2D eigenvalue weighted by atomic mass is 35.7. The Kier molecular flexibility index (Phi) is 4.49. The highest BCUT2D eigenvalue weighted by Gasteiger charge is 2.24. The van der Waals surface area contributed by atoms with E-state index in [2.05, 4.69) is 5.32 Å². The van der Waals surface area contributed by atoms with Crippen molar-refractivity contribution in [1.82, 2.24) is 5.32 Å². The van der Waals surface area contributed by atoms with Gasteiger partial charge in [0.25, 0.3) is 0 Å². The van der Waals surface area contributed by atoms with Crippen LogP contribution in [0.4, 0.5) is 4.79 Å². The van der Waals surface area contributed by atoms with E-state index in [0.717, 1.165) is 0 Å². The summed E-state index contributed by atoms with van der Waals surface area (Å²) in [5, 5.41) is 9.58. The first-order valence-electron chi connectivity index (χ1n) is 3.65. The Morgan fingerprint density at radius 3 is 2.31 bits per heavy atom. The molecule has 2 atom stereocenters. The van der Waals surface area contributed by atoms with Crippen molar-refractivity contribution in [1.29, 1.82) is 0 Å². The molecule has 0 saturated heterocycles. The van der Waals surface area contributed by atoms with E-state index in [4.69, 9.17) is 15.8 Å². The number of hydrogen-bond acceptors (Lipinski definition) is 3. The summed E-state index contributed by atoms with van der Waals surface area (Å²) in [5.74, 6) is -0.349. The van der Waals surface area contributed by atoms with Crippen molar-refractivity contribution < 1.29 is 18.3 Å². The van der Waals surface area contributed by atoms with E-state index in [-0.39, 0.29) is 12.5 Å². The Balaban J connectivity index is 4.12. The summed E-state index contributed by atoms with van der Waals surface area (Å²) in [6.45, 7) is 3.12. The Bertz CT molecular complexity index is 276. The highest BCUT2D eigenvalue weighted by Crippen LogP contribution is 2.15. The summed E-state index contributed by atoms with van der Waals surface area (Å²) in [7, 11) is 1.48. The number of nitrogens with one attached hydrogen (secondary N) is 1. The van der Waals surface area contributed by atoms with Gasteiger partial charge in [0.1, 0.15) is 0 Å². The Labute approximate surface area is 81.5 Å². The zero-order valence-electron chi connectivity index (χ0n) is 7.32. The van der Waals surface area contributed by atoms with Crippen LogP contribution in [0.1, 0.15) is 13.8 Å². The molecule has 5 nitrogen and oxygen atoms in total. The molecule has 0 heterocycles. The minimum atomic E-state index is -3.61. The Morgan fingerprint density at radius 1 is 1.54 bits per heavy atom. The molecule has 0 aliphatic carbocycles. The third-order valence-electron chi connectivity index (χ3n) is 1.82. The Morgan fingerprint density at radius 2 is 2.00 bits per heavy atom. The van der Waals surface area contributed by atoms with Gasteiger partial charge in [0.2, 0.25) is 9.05 Å². The summed E-state index contributed by atoms with van der Waals surface area (Å²) < 4.78 is 21.6. The smallest absolute Gasteiger partial charge is 0.404 e. The van der Waals surface area contributed by atoms with Crippen LogP contribution in [0.2, 0.25) is 0 Å². The van der Waals surface area contributed by atoms with Gasteiger partial charge >= 0.3 is 6.09 Å². The average molecular weight is 230 g/mol. The van der Waals surface area contributed by atoms with Crippen molar-refractivity contribution in [3.8, 4) is 0 Å². The molecule has 0 unspecified atom stereocenters. The van der Waals surface area contributed by atoms with Gasteiger partial charge in [-0.05, 0) is 12.8 Å². The van der Waals surface area contributed by atoms with Gasteiger partial charge in [-0.1, -0.05) is 6.92 Å². The topological polar surface area (TPSA) is 83.5 Å². The molecule has 0 aromatic rings. The van der Waals surface area contributed by atoms with Crippen molar-refractivity contribution >= 4 is 25.8 Å². The summed E-state index contributed by atoms with van der Waals surface area (Å²) in [5.41, 5.74) is 0. The highest BCUT2D eigenvalue weighted by molar-refractivity contribution is 8.14. The van der Waals surface area contributed by atoms with Crippen LogP contribution < -0.4 is 5.32 Å². The lowest BCUT2D eigenvalue weighted by molar-refractivity contribution is 0.192. The minimum absolute atomic E-state index is 0.0719. The maximum atomic E-state index is 10.8. The molecule has 0 aromatic heterocycles. The maximum Gasteiger partial charge on any atom is 0.404 e. The van der Waals surface area contributed by atoms with E-state index in [1.165, 1.54) is 6.92 Å². The van der Waals surface area contributed by atoms with Gasteiger partial charge in [0, 0.05) is 17.2 Å². The van der Waals surface area contributed by atoms with Crippen molar-refractivity contribution in [3.05, 3.63) is 0 Å². The summed E-state index contributed by atoms with van der Waals surface area (Å²) >= 11 is 0. The third kappa shape index (κ3) is 4.94. The summed E-state index contributed by atoms with van der Waals surface area (Å²) in [6, 6.07) is 0. The van der Waals surface area contributed by atoms with Crippen LogP contribution in [-0.2, 0) is 9.05 Å². The molecule has 7 heteroatoms. The first-order valence-corrected chi connectivity index (χ1v) is 6.02. The van der Waals surface area contributed by atoms with E-state index in [0.29, 0.717) is 0 Å². The predicted octanol–water partition coefficient (Wildman–Crippen LogP) is 0.847. The van der Waals surface area contributed by atoms with Crippen molar-refractivity contribution in [2.45, 2.75) is 19.1 Å². The molecule has 0 aromatic carbocycles. The molecular weight excluding hydrogens is 218 g/mol. The summed E-state index contributed by atoms with van der Waals surface area (Å²) in [6.07, 6.45) is -1.17. The monoisotopic (exact) mass is 229 g/mol. The van der Waals surface area contributed by atoms with E-state index in [1.807, 2.05) is 0 Å². The molecule has 13 heavy (non-hydrogen) atoms. The third-order valence-corrected chi connectivity index (χ3v) is 4.02. The minimum Gasteiger partial charge on any atom is -0.465 e. The number of carboxylic acid groups (broad SMARTS) is 1. The number of carbonyl (C=O) groups is 1. The fraction of sp³-hybridized carbons (Fsp3) is 0.833. The Hall–Kier alpha value is -0.490. The van der Waals surface area contributed by atoms with Gasteiger partial charge in [0.05, 0.1) is 5.25 Å². The van der Waals surface area contributed by atoms with Crippen molar-refractivity contribution in [3.63, 3.8) is 0 Å². The van der Waals surface area contributed by atoms with E-state index in [9.17, 15) is 13.2 Å². The molecule has 2 N–H and O–H groups in total. The zero-order valence-corrected chi connectivity index (χ0v) is 8.89.